The molecule has 0 bridgehead atoms. The highest BCUT2D eigenvalue weighted by Gasteiger charge is 2.28. The van der Waals surface area contributed by atoms with E-state index in [0.29, 0.717) is 19.1 Å². The van der Waals surface area contributed by atoms with Crippen LogP contribution in [0.4, 0.5) is 4.79 Å². The van der Waals surface area contributed by atoms with Crippen molar-refractivity contribution in [2.24, 2.45) is 0 Å². The number of hydrogen-bond donors (Lipinski definition) is 2. The van der Waals surface area contributed by atoms with Crippen molar-refractivity contribution in [1.29, 1.82) is 0 Å². The Kier molecular flexibility index (Phi) is 3.58. The number of amides is 2. The fraction of sp³-hybridized carbons (Fsp3) is 0.900. The Hall–Kier alpha value is -0.820. The number of hydrogen-bond acceptors (Lipinski definition) is 3. The maximum absolute atomic E-state index is 11.5. The lowest BCUT2D eigenvalue weighted by atomic mass is 10.1. The van der Waals surface area contributed by atoms with Crippen LogP contribution in [0.25, 0.3) is 0 Å². The van der Waals surface area contributed by atoms with Crippen LogP contribution in [0, 0.1) is 0 Å². The molecular weight excluding hydrogens is 242 g/mol. The van der Waals surface area contributed by atoms with E-state index in [1.165, 1.54) is 10.6 Å². The van der Waals surface area contributed by atoms with Gasteiger partial charge in [-0.05, 0) is 25.7 Å². The second-order valence-electron chi connectivity index (χ2n) is 4.85. The number of carbonyl (C=O) groups excluding carboxylic acids is 1. The third-order valence-corrected chi connectivity index (χ3v) is 4.37. The smallest absolute Gasteiger partial charge is 0.315 e. The molecule has 0 aromatic rings. The summed E-state index contributed by atoms with van der Waals surface area (Å²) in [5, 5.41) is 5.67. The van der Waals surface area contributed by atoms with E-state index in [4.69, 9.17) is 0 Å². The van der Waals surface area contributed by atoms with Crippen LogP contribution in [-0.2, 0) is 10.0 Å². The van der Waals surface area contributed by atoms with Gasteiger partial charge < -0.3 is 10.6 Å². The van der Waals surface area contributed by atoms with Crippen LogP contribution < -0.4 is 10.6 Å². The maximum Gasteiger partial charge on any atom is 0.315 e. The molecule has 17 heavy (non-hydrogen) atoms. The summed E-state index contributed by atoms with van der Waals surface area (Å²) >= 11 is 0. The standard InChI is InChI=1S/C10H19N3O3S/c1-17(15,16)13-6-2-3-9(7-13)12-10(14)11-8-4-5-8/h8-9H,2-7H2,1H3,(H2,11,12,14). The third kappa shape index (κ3) is 3.85. The molecule has 2 aliphatic rings. The summed E-state index contributed by atoms with van der Waals surface area (Å²) in [6.45, 7) is 0.943. The lowest BCUT2D eigenvalue weighted by Gasteiger charge is -2.31. The molecule has 2 rings (SSSR count). The second-order valence-corrected chi connectivity index (χ2v) is 6.83. The molecule has 1 aliphatic heterocycles. The fourth-order valence-corrected chi connectivity index (χ4v) is 2.91. The van der Waals surface area contributed by atoms with Gasteiger partial charge in [0.2, 0.25) is 10.0 Å². The Morgan fingerprint density at radius 2 is 1.82 bits per heavy atom. The number of urea groups is 1. The van der Waals surface area contributed by atoms with E-state index in [-0.39, 0.29) is 12.1 Å². The van der Waals surface area contributed by atoms with Gasteiger partial charge in [-0.25, -0.2) is 17.5 Å². The molecule has 1 saturated carbocycles. The number of nitrogens with zero attached hydrogens (tertiary/aromatic N) is 1. The number of rotatable bonds is 3. The van der Waals surface area contributed by atoms with Gasteiger partial charge in [-0.15, -0.1) is 0 Å². The Morgan fingerprint density at radius 3 is 2.41 bits per heavy atom. The van der Waals surface area contributed by atoms with Crippen molar-refractivity contribution in [3.05, 3.63) is 0 Å². The largest absolute Gasteiger partial charge is 0.335 e. The monoisotopic (exact) mass is 261 g/mol. The summed E-state index contributed by atoms with van der Waals surface area (Å²) in [4.78, 5) is 11.5. The van der Waals surface area contributed by atoms with E-state index < -0.39 is 10.0 Å². The van der Waals surface area contributed by atoms with Crippen LogP contribution in [-0.4, -0.2) is 50.2 Å². The zero-order chi connectivity index (χ0) is 12.5. The van der Waals surface area contributed by atoms with Crippen LogP contribution >= 0.6 is 0 Å². The van der Waals surface area contributed by atoms with Crippen molar-refractivity contribution in [3.8, 4) is 0 Å². The molecular formula is C10H19N3O3S. The van der Waals surface area contributed by atoms with Crippen molar-refractivity contribution in [3.63, 3.8) is 0 Å². The number of carbonyl (C=O) groups is 1. The van der Waals surface area contributed by atoms with Crippen LogP contribution in [0.5, 0.6) is 0 Å². The van der Waals surface area contributed by atoms with Gasteiger partial charge in [0.1, 0.15) is 0 Å². The molecule has 2 N–H and O–H groups in total. The molecule has 0 aromatic carbocycles. The molecule has 1 saturated heterocycles. The maximum atomic E-state index is 11.5. The Bertz CT molecular complexity index is 392. The van der Waals surface area contributed by atoms with Crippen LogP contribution in [0.1, 0.15) is 25.7 Å². The van der Waals surface area contributed by atoms with E-state index >= 15 is 0 Å². The topological polar surface area (TPSA) is 78.5 Å². The molecule has 1 atom stereocenters. The van der Waals surface area contributed by atoms with Gasteiger partial charge in [0.15, 0.2) is 0 Å². The molecule has 7 heteroatoms. The zero-order valence-electron chi connectivity index (χ0n) is 9.98. The number of nitrogens with one attached hydrogen (secondary N) is 2. The van der Waals surface area contributed by atoms with Gasteiger partial charge in [0, 0.05) is 25.2 Å². The summed E-state index contributed by atoms with van der Waals surface area (Å²) in [6.07, 6.45) is 4.94. The molecule has 1 heterocycles. The van der Waals surface area contributed by atoms with Gasteiger partial charge in [-0.1, -0.05) is 0 Å². The molecule has 0 spiro atoms. The number of piperidine rings is 1. The van der Waals surface area contributed by atoms with E-state index in [1.54, 1.807) is 0 Å². The van der Waals surface area contributed by atoms with Crippen LogP contribution in [0.3, 0.4) is 0 Å². The molecule has 0 aromatic heterocycles. The van der Waals surface area contributed by atoms with Gasteiger partial charge >= 0.3 is 6.03 Å². The average molecular weight is 261 g/mol. The van der Waals surface area contributed by atoms with E-state index in [1.807, 2.05) is 0 Å². The van der Waals surface area contributed by atoms with Gasteiger partial charge in [-0.3, -0.25) is 0 Å². The Balaban J connectivity index is 1.82. The Morgan fingerprint density at radius 1 is 1.18 bits per heavy atom. The zero-order valence-corrected chi connectivity index (χ0v) is 10.8. The van der Waals surface area contributed by atoms with Crippen molar-refractivity contribution >= 4 is 16.1 Å². The minimum atomic E-state index is -3.14. The van der Waals surface area contributed by atoms with Gasteiger partial charge in [0.05, 0.1) is 6.26 Å². The van der Waals surface area contributed by atoms with Crippen molar-refractivity contribution in [2.75, 3.05) is 19.3 Å². The van der Waals surface area contributed by atoms with Crippen LogP contribution in [0.2, 0.25) is 0 Å². The predicted octanol–water partition coefficient (Wildman–Crippen LogP) is -0.128. The second kappa shape index (κ2) is 4.81. The summed E-state index contributed by atoms with van der Waals surface area (Å²) < 4.78 is 24.2. The minimum Gasteiger partial charge on any atom is -0.335 e. The van der Waals surface area contributed by atoms with E-state index in [0.717, 1.165) is 25.7 Å². The summed E-state index contributed by atoms with van der Waals surface area (Å²) in [5.41, 5.74) is 0. The third-order valence-electron chi connectivity index (χ3n) is 3.10. The number of sulfonamides is 1. The first-order valence-corrected chi connectivity index (χ1v) is 7.82. The molecule has 6 nitrogen and oxygen atoms in total. The van der Waals surface area contributed by atoms with Crippen LogP contribution in [0.15, 0.2) is 0 Å². The first kappa shape index (κ1) is 12.6. The minimum absolute atomic E-state index is 0.0720. The van der Waals surface area contributed by atoms with Gasteiger partial charge in [-0.2, -0.15) is 0 Å². The molecule has 2 fully saturated rings. The SMILES string of the molecule is CS(=O)(=O)N1CCCC(NC(=O)NC2CC2)C1. The quantitative estimate of drug-likeness (QED) is 0.743. The Labute approximate surface area is 102 Å². The summed E-state index contributed by atoms with van der Waals surface area (Å²) in [5.74, 6) is 0. The predicted molar refractivity (Wildman–Crippen MR) is 64.1 cm³/mol. The molecule has 98 valence electrons. The van der Waals surface area contributed by atoms with Gasteiger partial charge in [0.25, 0.3) is 0 Å². The summed E-state index contributed by atoms with van der Waals surface area (Å²) in [7, 11) is -3.14. The lowest BCUT2D eigenvalue weighted by Crippen LogP contribution is -2.51. The molecule has 2 amide bonds. The molecule has 1 unspecified atom stereocenters. The van der Waals surface area contributed by atoms with Crippen molar-refractivity contribution < 1.29 is 13.2 Å². The highest BCUT2D eigenvalue weighted by molar-refractivity contribution is 7.88. The van der Waals surface area contributed by atoms with Crippen molar-refractivity contribution in [2.45, 2.75) is 37.8 Å². The molecule has 0 radical (unpaired) electrons. The van der Waals surface area contributed by atoms with Crippen molar-refractivity contribution in [1.82, 2.24) is 14.9 Å². The normalized spacial score (nSPS) is 26.5. The first-order valence-electron chi connectivity index (χ1n) is 5.97. The lowest BCUT2D eigenvalue weighted by molar-refractivity contribution is 0.225. The van der Waals surface area contributed by atoms with E-state index in [2.05, 4.69) is 10.6 Å². The first-order chi connectivity index (χ1) is 7.95. The highest BCUT2D eigenvalue weighted by atomic mass is 32.2. The summed E-state index contributed by atoms with van der Waals surface area (Å²) in [6, 6.07) is 0.0784. The highest BCUT2D eigenvalue weighted by Crippen LogP contribution is 2.18. The van der Waals surface area contributed by atoms with E-state index in [9.17, 15) is 13.2 Å². The fourth-order valence-electron chi connectivity index (χ4n) is 2.00. The molecule has 1 aliphatic carbocycles. The average Bonchev–Trinajstić information content (AvgIpc) is 3.00.